The summed E-state index contributed by atoms with van der Waals surface area (Å²) in [6.45, 7) is 4.09. The first-order valence-corrected chi connectivity index (χ1v) is 7.69. The highest BCUT2D eigenvalue weighted by Crippen LogP contribution is 2.27. The highest BCUT2D eigenvalue weighted by Gasteiger charge is 2.24. The Morgan fingerprint density at radius 2 is 2.12 bits per heavy atom. The van der Waals surface area contributed by atoms with Gasteiger partial charge in [-0.1, -0.05) is 23.8 Å². The first-order chi connectivity index (χ1) is 7.68. The van der Waals surface area contributed by atoms with E-state index in [-0.39, 0.29) is 5.25 Å². The van der Waals surface area contributed by atoms with Crippen molar-refractivity contribution in [3.63, 3.8) is 0 Å². The maximum atomic E-state index is 12.3. The average Bonchev–Trinajstić information content (AvgIpc) is 2.29. The SMILES string of the molecule is Cc1ccc(C(=O)C2CSCCS2)c(C)c1. The average molecular weight is 252 g/mol. The molecule has 1 unspecified atom stereocenters. The number of thioether (sulfide) groups is 2. The molecule has 0 N–H and O–H groups in total. The Morgan fingerprint density at radius 1 is 1.31 bits per heavy atom. The smallest absolute Gasteiger partial charge is 0.176 e. The molecule has 1 aliphatic rings. The van der Waals surface area contributed by atoms with Gasteiger partial charge in [-0.3, -0.25) is 4.79 Å². The number of aryl methyl sites for hydroxylation is 2. The van der Waals surface area contributed by atoms with Crippen LogP contribution in [0.4, 0.5) is 0 Å². The molecule has 0 radical (unpaired) electrons. The summed E-state index contributed by atoms with van der Waals surface area (Å²) in [6.07, 6.45) is 0. The van der Waals surface area contributed by atoms with E-state index in [0.717, 1.165) is 22.6 Å². The van der Waals surface area contributed by atoms with Crippen molar-refractivity contribution < 1.29 is 4.79 Å². The Labute approximate surface area is 105 Å². The standard InChI is InChI=1S/C13H16OS2/c1-9-3-4-11(10(2)7-9)13(14)12-8-15-5-6-16-12/h3-4,7,12H,5-6,8H2,1-2H3. The second-order valence-electron chi connectivity index (χ2n) is 4.12. The van der Waals surface area contributed by atoms with Gasteiger partial charge < -0.3 is 0 Å². The Morgan fingerprint density at radius 3 is 2.75 bits per heavy atom. The predicted molar refractivity (Wildman–Crippen MR) is 73.8 cm³/mol. The van der Waals surface area contributed by atoms with Gasteiger partial charge in [-0.05, 0) is 19.4 Å². The summed E-state index contributed by atoms with van der Waals surface area (Å²) in [5.74, 6) is 3.57. The summed E-state index contributed by atoms with van der Waals surface area (Å²) < 4.78 is 0. The molecule has 0 saturated carbocycles. The van der Waals surface area contributed by atoms with Crippen molar-refractivity contribution in [3.05, 3.63) is 34.9 Å². The monoisotopic (exact) mass is 252 g/mol. The van der Waals surface area contributed by atoms with Crippen LogP contribution in [0.1, 0.15) is 21.5 Å². The summed E-state index contributed by atoms with van der Waals surface area (Å²) in [7, 11) is 0. The third-order valence-corrected chi connectivity index (χ3v) is 5.51. The Balaban J connectivity index is 2.19. The number of hydrogen-bond acceptors (Lipinski definition) is 3. The van der Waals surface area contributed by atoms with Gasteiger partial charge in [0.15, 0.2) is 5.78 Å². The van der Waals surface area contributed by atoms with Crippen LogP contribution in [0.25, 0.3) is 0 Å². The number of carbonyl (C=O) groups is 1. The molecule has 86 valence electrons. The molecular weight excluding hydrogens is 236 g/mol. The minimum absolute atomic E-state index is 0.167. The molecule has 0 aliphatic carbocycles. The lowest BCUT2D eigenvalue weighted by molar-refractivity contribution is 0.0994. The lowest BCUT2D eigenvalue weighted by Crippen LogP contribution is -2.24. The zero-order valence-electron chi connectivity index (χ0n) is 9.66. The zero-order valence-corrected chi connectivity index (χ0v) is 11.3. The van der Waals surface area contributed by atoms with Crippen LogP contribution >= 0.6 is 23.5 Å². The van der Waals surface area contributed by atoms with Crippen LogP contribution in [0.15, 0.2) is 18.2 Å². The summed E-state index contributed by atoms with van der Waals surface area (Å²) in [6, 6.07) is 6.10. The lowest BCUT2D eigenvalue weighted by atomic mass is 10.0. The van der Waals surface area contributed by atoms with E-state index in [1.807, 2.05) is 42.6 Å². The first-order valence-electron chi connectivity index (χ1n) is 5.49. The van der Waals surface area contributed by atoms with Gasteiger partial charge in [0.25, 0.3) is 0 Å². The van der Waals surface area contributed by atoms with Crippen LogP contribution in [-0.4, -0.2) is 28.3 Å². The Kier molecular flexibility index (Phi) is 3.98. The molecule has 0 spiro atoms. The molecule has 1 fully saturated rings. The van der Waals surface area contributed by atoms with Gasteiger partial charge in [0, 0.05) is 22.8 Å². The summed E-state index contributed by atoms with van der Waals surface area (Å²) in [5.41, 5.74) is 3.24. The molecule has 1 atom stereocenters. The molecule has 1 nitrogen and oxygen atoms in total. The van der Waals surface area contributed by atoms with E-state index in [4.69, 9.17) is 0 Å². The number of Topliss-reactive ketones (excluding diaryl/α,β-unsaturated/α-hetero) is 1. The molecule has 0 aromatic heterocycles. The first kappa shape index (κ1) is 12.1. The summed E-state index contributed by atoms with van der Waals surface area (Å²) >= 11 is 3.70. The van der Waals surface area contributed by atoms with Crippen molar-refractivity contribution in [2.45, 2.75) is 19.1 Å². The third-order valence-electron chi connectivity index (χ3n) is 2.76. The normalized spacial score (nSPS) is 20.8. The topological polar surface area (TPSA) is 17.1 Å². The van der Waals surface area contributed by atoms with Crippen LogP contribution in [0.5, 0.6) is 0 Å². The molecule has 16 heavy (non-hydrogen) atoms. The molecule has 1 aromatic carbocycles. The minimum Gasteiger partial charge on any atom is -0.293 e. The minimum atomic E-state index is 0.167. The molecule has 3 heteroatoms. The van der Waals surface area contributed by atoms with Crippen LogP contribution < -0.4 is 0 Å². The highest BCUT2D eigenvalue weighted by molar-refractivity contribution is 8.07. The number of benzene rings is 1. The fourth-order valence-electron chi connectivity index (χ4n) is 1.90. The van der Waals surface area contributed by atoms with Gasteiger partial charge in [0.2, 0.25) is 0 Å². The molecule has 0 bridgehead atoms. The Bertz CT molecular complexity index is 395. The second kappa shape index (κ2) is 5.28. The molecule has 1 aromatic rings. The quantitative estimate of drug-likeness (QED) is 0.752. The van der Waals surface area contributed by atoms with Crippen molar-refractivity contribution in [2.24, 2.45) is 0 Å². The molecule has 1 heterocycles. The number of rotatable bonds is 2. The molecule has 0 amide bonds. The third kappa shape index (κ3) is 2.64. The molecule has 2 rings (SSSR count). The summed E-state index contributed by atoms with van der Waals surface area (Å²) in [4.78, 5) is 12.3. The van der Waals surface area contributed by atoms with Crippen molar-refractivity contribution in [3.8, 4) is 0 Å². The van der Waals surface area contributed by atoms with E-state index < -0.39 is 0 Å². The van der Waals surface area contributed by atoms with Gasteiger partial charge >= 0.3 is 0 Å². The maximum absolute atomic E-state index is 12.3. The maximum Gasteiger partial charge on any atom is 0.176 e. The molecule has 1 saturated heterocycles. The van der Waals surface area contributed by atoms with Crippen LogP contribution in [-0.2, 0) is 0 Å². The van der Waals surface area contributed by atoms with E-state index >= 15 is 0 Å². The molecular formula is C13H16OS2. The predicted octanol–water partition coefficient (Wildman–Crippen LogP) is 3.33. The van der Waals surface area contributed by atoms with Gasteiger partial charge in [-0.15, -0.1) is 11.8 Å². The highest BCUT2D eigenvalue weighted by atomic mass is 32.2. The van der Waals surface area contributed by atoms with E-state index in [1.54, 1.807) is 0 Å². The molecule has 1 aliphatic heterocycles. The number of carbonyl (C=O) groups excluding carboxylic acids is 1. The van der Waals surface area contributed by atoms with E-state index in [1.165, 1.54) is 11.3 Å². The second-order valence-corrected chi connectivity index (χ2v) is 6.58. The van der Waals surface area contributed by atoms with E-state index in [0.29, 0.717) is 5.78 Å². The van der Waals surface area contributed by atoms with Crippen molar-refractivity contribution in [1.82, 2.24) is 0 Å². The van der Waals surface area contributed by atoms with Crippen LogP contribution in [0.3, 0.4) is 0 Å². The van der Waals surface area contributed by atoms with E-state index in [9.17, 15) is 4.79 Å². The van der Waals surface area contributed by atoms with E-state index in [2.05, 4.69) is 13.0 Å². The van der Waals surface area contributed by atoms with Crippen LogP contribution in [0.2, 0.25) is 0 Å². The largest absolute Gasteiger partial charge is 0.293 e. The fourth-order valence-corrected chi connectivity index (χ4v) is 4.53. The van der Waals surface area contributed by atoms with Crippen molar-refractivity contribution in [1.29, 1.82) is 0 Å². The number of ketones is 1. The number of hydrogen-bond donors (Lipinski definition) is 0. The van der Waals surface area contributed by atoms with Gasteiger partial charge in [0.05, 0.1) is 5.25 Å². The van der Waals surface area contributed by atoms with Gasteiger partial charge in [-0.2, -0.15) is 11.8 Å². The van der Waals surface area contributed by atoms with Crippen molar-refractivity contribution in [2.75, 3.05) is 17.3 Å². The van der Waals surface area contributed by atoms with Crippen molar-refractivity contribution >= 4 is 29.3 Å². The van der Waals surface area contributed by atoms with Gasteiger partial charge in [-0.25, -0.2) is 0 Å². The fraction of sp³-hybridized carbons (Fsp3) is 0.462. The van der Waals surface area contributed by atoms with Crippen LogP contribution in [0, 0.1) is 13.8 Å². The Hall–Kier alpha value is -0.410. The summed E-state index contributed by atoms with van der Waals surface area (Å²) in [5, 5.41) is 0.167. The zero-order chi connectivity index (χ0) is 11.5. The lowest BCUT2D eigenvalue weighted by Gasteiger charge is -2.20. The van der Waals surface area contributed by atoms with Gasteiger partial charge in [0.1, 0.15) is 0 Å².